The molecule has 1 aliphatic rings. The summed E-state index contributed by atoms with van der Waals surface area (Å²) in [4.78, 5) is 0. The number of nitrogens with zero attached hydrogens (tertiary/aromatic N) is 2. The molecule has 0 bridgehead atoms. The van der Waals surface area contributed by atoms with Crippen LogP contribution in [0.25, 0.3) is 83.2 Å². The van der Waals surface area contributed by atoms with E-state index in [0.717, 1.165) is 51.6 Å². The van der Waals surface area contributed by atoms with E-state index in [0.29, 0.717) is 0 Å². The van der Waals surface area contributed by atoms with Crippen molar-refractivity contribution in [2.75, 3.05) is 0 Å². The fourth-order valence-electron chi connectivity index (χ4n) is 7.61. The predicted molar refractivity (Wildman–Crippen MR) is 188 cm³/mol. The number of hydrogen-bond donors (Lipinski definition) is 0. The van der Waals surface area contributed by atoms with Crippen LogP contribution in [0, 0.1) is 0 Å². The Balaban J connectivity index is 1.27. The third kappa shape index (κ3) is 3.52. The van der Waals surface area contributed by atoms with Gasteiger partial charge in [0, 0.05) is 44.0 Å². The van der Waals surface area contributed by atoms with Gasteiger partial charge < -0.3 is 13.6 Å². The number of aryl methyl sites for hydroxylation is 1. The van der Waals surface area contributed by atoms with Crippen LogP contribution in [0.2, 0.25) is 0 Å². The van der Waals surface area contributed by atoms with Crippen molar-refractivity contribution >= 4 is 60.7 Å². The largest absolute Gasteiger partial charge is 0.456 e. The molecule has 0 saturated carbocycles. The summed E-state index contributed by atoms with van der Waals surface area (Å²) in [5, 5.41) is 6.17. The Labute approximate surface area is 259 Å². The number of rotatable bonds is 3. The molecule has 6 aromatic carbocycles. The van der Waals surface area contributed by atoms with Gasteiger partial charge in [-0.1, -0.05) is 91.0 Å². The van der Waals surface area contributed by atoms with Crippen molar-refractivity contribution in [3.05, 3.63) is 151 Å². The van der Waals surface area contributed by atoms with Crippen LogP contribution in [0.4, 0.5) is 0 Å². The second-order valence-corrected chi connectivity index (χ2v) is 12.0. The van der Waals surface area contributed by atoms with Gasteiger partial charge in [0.05, 0.1) is 16.6 Å². The quantitative estimate of drug-likeness (QED) is 0.205. The van der Waals surface area contributed by atoms with Gasteiger partial charge in [-0.05, 0) is 84.1 Å². The van der Waals surface area contributed by atoms with E-state index in [4.69, 9.17) is 4.42 Å². The number of fused-ring (bicyclic) bond motifs is 10. The molecule has 3 aromatic heterocycles. The lowest BCUT2D eigenvalue weighted by Gasteiger charge is -2.14. The summed E-state index contributed by atoms with van der Waals surface area (Å²) < 4.78 is 11.2. The van der Waals surface area contributed by atoms with Gasteiger partial charge in [-0.25, -0.2) is 0 Å². The van der Waals surface area contributed by atoms with Crippen molar-refractivity contribution in [3.63, 3.8) is 0 Å². The average Bonchev–Trinajstić information content (AvgIpc) is 3.76. The average molecular weight is 577 g/mol. The van der Waals surface area contributed by atoms with Gasteiger partial charge in [0.15, 0.2) is 0 Å². The van der Waals surface area contributed by atoms with Gasteiger partial charge in [-0.3, -0.25) is 0 Å². The molecule has 0 aliphatic heterocycles. The summed E-state index contributed by atoms with van der Waals surface area (Å²) in [6.07, 6.45) is 6.75. The zero-order valence-electron chi connectivity index (χ0n) is 24.6. The fraction of sp³-hybridized carbons (Fsp3) is 0.0476. The maximum absolute atomic E-state index is 6.26. The Hall–Kier alpha value is -5.80. The molecule has 0 N–H and O–H groups in total. The lowest BCUT2D eigenvalue weighted by atomic mass is 10.00. The standard InChI is InChI=1S/C42H28N2O/c1-2-12-29(13-3-1)43-37-18-7-4-15-31(37)35-23-24-36-32-16-5-8-19-38(32)44(42(36)41(35)43)30-14-10-11-27(25-30)28-21-22-34-33-17-6-9-20-39(33)45-40(34)26-28/h1-3,5-14,16-26H,4,15H2. The first kappa shape index (κ1) is 24.6. The summed E-state index contributed by atoms with van der Waals surface area (Å²) in [5.74, 6) is 0. The van der Waals surface area contributed by atoms with E-state index >= 15 is 0 Å². The molecule has 45 heavy (non-hydrogen) atoms. The third-order valence-corrected chi connectivity index (χ3v) is 9.58. The molecular weight excluding hydrogens is 548 g/mol. The molecule has 0 radical (unpaired) electrons. The Bertz CT molecular complexity index is 2650. The van der Waals surface area contributed by atoms with Gasteiger partial charge >= 0.3 is 0 Å². The molecule has 0 unspecified atom stereocenters. The van der Waals surface area contributed by atoms with Gasteiger partial charge in [0.1, 0.15) is 11.2 Å². The van der Waals surface area contributed by atoms with E-state index in [1.54, 1.807) is 0 Å². The summed E-state index contributed by atoms with van der Waals surface area (Å²) in [6.45, 7) is 0. The number of furan rings is 1. The van der Waals surface area contributed by atoms with Gasteiger partial charge in [-0.2, -0.15) is 0 Å². The Morgan fingerprint density at radius 2 is 1.20 bits per heavy atom. The van der Waals surface area contributed by atoms with Crippen LogP contribution in [-0.4, -0.2) is 9.13 Å². The molecule has 3 heteroatoms. The highest BCUT2D eigenvalue weighted by atomic mass is 16.3. The highest BCUT2D eigenvalue weighted by molar-refractivity contribution is 6.19. The summed E-state index contributed by atoms with van der Waals surface area (Å²) in [7, 11) is 0. The minimum absolute atomic E-state index is 0.914. The summed E-state index contributed by atoms with van der Waals surface area (Å²) in [6, 6.07) is 48.1. The highest BCUT2D eigenvalue weighted by Gasteiger charge is 2.24. The van der Waals surface area contributed by atoms with Gasteiger partial charge in [0.2, 0.25) is 0 Å². The zero-order chi connectivity index (χ0) is 29.5. The number of benzene rings is 6. The van der Waals surface area contributed by atoms with E-state index in [1.165, 1.54) is 49.7 Å². The molecule has 212 valence electrons. The first-order valence-corrected chi connectivity index (χ1v) is 15.7. The fourth-order valence-corrected chi connectivity index (χ4v) is 7.61. The van der Waals surface area contributed by atoms with Gasteiger partial charge in [0.25, 0.3) is 0 Å². The van der Waals surface area contributed by atoms with E-state index in [9.17, 15) is 0 Å². The molecule has 10 rings (SSSR count). The lowest BCUT2D eigenvalue weighted by Crippen LogP contribution is -2.01. The van der Waals surface area contributed by atoms with Crippen LogP contribution in [0.15, 0.2) is 144 Å². The number of aromatic nitrogens is 2. The minimum atomic E-state index is 0.914. The Morgan fingerprint density at radius 3 is 2.13 bits per heavy atom. The van der Waals surface area contributed by atoms with Crippen LogP contribution in [-0.2, 0) is 6.42 Å². The minimum Gasteiger partial charge on any atom is -0.456 e. The van der Waals surface area contributed by atoms with E-state index in [2.05, 4.69) is 143 Å². The third-order valence-electron chi connectivity index (χ3n) is 9.58. The van der Waals surface area contributed by atoms with E-state index < -0.39 is 0 Å². The van der Waals surface area contributed by atoms with Crippen LogP contribution < -0.4 is 0 Å². The molecule has 0 saturated heterocycles. The molecule has 0 amide bonds. The maximum atomic E-state index is 6.26. The molecule has 1 aliphatic carbocycles. The van der Waals surface area contributed by atoms with Crippen molar-refractivity contribution < 1.29 is 4.42 Å². The van der Waals surface area contributed by atoms with Crippen molar-refractivity contribution in [1.82, 2.24) is 9.13 Å². The second kappa shape index (κ2) is 9.35. The summed E-state index contributed by atoms with van der Waals surface area (Å²) in [5.41, 5.74) is 12.9. The first-order chi connectivity index (χ1) is 22.3. The maximum Gasteiger partial charge on any atom is 0.136 e. The first-order valence-electron chi connectivity index (χ1n) is 15.7. The molecule has 9 aromatic rings. The van der Waals surface area contributed by atoms with Crippen molar-refractivity contribution in [2.45, 2.75) is 12.8 Å². The predicted octanol–water partition coefficient (Wildman–Crippen LogP) is 11.3. The van der Waals surface area contributed by atoms with E-state index in [1.807, 2.05) is 12.1 Å². The number of allylic oxidation sites excluding steroid dienone is 1. The van der Waals surface area contributed by atoms with Crippen molar-refractivity contribution in [2.24, 2.45) is 0 Å². The van der Waals surface area contributed by atoms with Crippen LogP contribution in [0.1, 0.15) is 17.7 Å². The molecule has 0 spiro atoms. The normalized spacial score (nSPS) is 13.1. The monoisotopic (exact) mass is 576 g/mol. The molecular formula is C42H28N2O. The smallest absolute Gasteiger partial charge is 0.136 e. The van der Waals surface area contributed by atoms with Crippen LogP contribution >= 0.6 is 0 Å². The molecule has 0 fully saturated rings. The SMILES string of the molecule is C1=Cc2c(c3ccc4c5ccccc5n(-c5cccc(-c6ccc7c(c6)oc6ccccc67)c5)c4c3n2-c2ccccc2)CC1. The number of hydrogen-bond acceptors (Lipinski definition) is 1. The Morgan fingerprint density at radius 1 is 0.489 bits per heavy atom. The molecule has 0 atom stereocenters. The van der Waals surface area contributed by atoms with Crippen LogP contribution in [0.3, 0.4) is 0 Å². The van der Waals surface area contributed by atoms with Crippen molar-refractivity contribution in [1.29, 1.82) is 0 Å². The number of para-hydroxylation sites is 3. The topological polar surface area (TPSA) is 23.0 Å². The molecule has 3 heterocycles. The molecule has 3 nitrogen and oxygen atoms in total. The highest BCUT2D eigenvalue weighted by Crippen LogP contribution is 2.42. The lowest BCUT2D eigenvalue weighted by molar-refractivity contribution is 0.669. The zero-order valence-corrected chi connectivity index (χ0v) is 24.6. The van der Waals surface area contributed by atoms with E-state index in [-0.39, 0.29) is 0 Å². The van der Waals surface area contributed by atoms with Crippen LogP contribution in [0.5, 0.6) is 0 Å². The summed E-state index contributed by atoms with van der Waals surface area (Å²) >= 11 is 0. The van der Waals surface area contributed by atoms with Gasteiger partial charge in [-0.15, -0.1) is 0 Å². The second-order valence-electron chi connectivity index (χ2n) is 12.0. The Kier molecular flexibility index (Phi) is 5.11. The van der Waals surface area contributed by atoms with Crippen molar-refractivity contribution in [3.8, 4) is 22.5 Å².